The zero-order valence-corrected chi connectivity index (χ0v) is 25.4. The van der Waals surface area contributed by atoms with Gasteiger partial charge in [0.2, 0.25) is 5.91 Å². The van der Waals surface area contributed by atoms with E-state index in [-0.39, 0.29) is 24.0 Å². The molecule has 7 nitrogen and oxygen atoms in total. The average Bonchev–Trinajstić information content (AvgIpc) is 3.62. The van der Waals surface area contributed by atoms with Gasteiger partial charge in [-0.25, -0.2) is 4.79 Å². The highest BCUT2D eigenvalue weighted by molar-refractivity contribution is 6.12. The van der Waals surface area contributed by atoms with Crippen molar-refractivity contribution in [1.82, 2.24) is 4.90 Å². The number of carbonyl (C=O) groups excluding carboxylic acids is 2. The fraction of sp³-hybridized carbons (Fsp3) is 0.289. The van der Waals surface area contributed by atoms with Crippen molar-refractivity contribution < 1.29 is 24.2 Å². The number of para-hydroxylation sites is 1. The van der Waals surface area contributed by atoms with E-state index in [2.05, 4.69) is 17.4 Å². The minimum atomic E-state index is -1.01. The van der Waals surface area contributed by atoms with Crippen LogP contribution in [0.3, 0.4) is 0 Å². The first-order chi connectivity index (χ1) is 22.0. The van der Waals surface area contributed by atoms with E-state index < -0.39 is 12.0 Å². The summed E-state index contributed by atoms with van der Waals surface area (Å²) in [4.78, 5) is 40.5. The van der Waals surface area contributed by atoms with E-state index in [0.29, 0.717) is 48.7 Å². The van der Waals surface area contributed by atoms with E-state index in [1.54, 1.807) is 48.5 Å². The Morgan fingerprint density at radius 3 is 2.13 bits per heavy atom. The molecule has 0 heterocycles. The summed E-state index contributed by atoms with van der Waals surface area (Å²) >= 11 is 0. The first-order valence-corrected chi connectivity index (χ1v) is 15.7. The van der Waals surface area contributed by atoms with Gasteiger partial charge in [-0.05, 0) is 54.7 Å². The summed E-state index contributed by atoms with van der Waals surface area (Å²) in [5.41, 5.74) is 3.39. The first kappa shape index (κ1) is 31.5. The topological polar surface area (TPSA) is 95.9 Å². The highest BCUT2D eigenvalue weighted by Gasteiger charge is 2.27. The lowest BCUT2D eigenvalue weighted by Crippen LogP contribution is -2.36. The van der Waals surface area contributed by atoms with Gasteiger partial charge >= 0.3 is 5.97 Å². The number of anilines is 1. The smallest absolute Gasteiger partial charge is 0.326 e. The number of carbonyl (C=O) groups is 3. The molecule has 1 aliphatic rings. The predicted octanol–water partition coefficient (Wildman–Crippen LogP) is 7.01. The Kier molecular flexibility index (Phi) is 11.0. The van der Waals surface area contributed by atoms with Gasteiger partial charge in [-0.1, -0.05) is 97.8 Å². The van der Waals surface area contributed by atoms with Gasteiger partial charge in [0.25, 0.3) is 0 Å². The van der Waals surface area contributed by atoms with E-state index in [0.717, 1.165) is 36.8 Å². The Bertz CT molecular complexity index is 1550. The Morgan fingerprint density at radius 2 is 1.44 bits per heavy atom. The van der Waals surface area contributed by atoms with E-state index in [4.69, 9.17) is 4.74 Å². The predicted molar refractivity (Wildman–Crippen MR) is 175 cm³/mol. The summed E-state index contributed by atoms with van der Waals surface area (Å²) in [6, 6.07) is 32.5. The van der Waals surface area contributed by atoms with Crippen LogP contribution in [0.25, 0.3) is 0 Å². The van der Waals surface area contributed by atoms with Crippen molar-refractivity contribution in [3.63, 3.8) is 0 Å². The third-order valence-electron chi connectivity index (χ3n) is 8.27. The number of ether oxygens (including phenoxy) is 1. The Morgan fingerprint density at radius 1 is 0.800 bits per heavy atom. The van der Waals surface area contributed by atoms with Crippen LogP contribution >= 0.6 is 0 Å². The summed E-state index contributed by atoms with van der Waals surface area (Å²) in [7, 11) is 0. The van der Waals surface area contributed by atoms with Crippen LogP contribution in [0.4, 0.5) is 5.69 Å². The quantitative estimate of drug-likeness (QED) is 0.112. The largest absolute Gasteiger partial charge is 0.494 e. The third kappa shape index (κ3) is 8.82. The van der Waals surface area contributed by atoms with Crippen LogP contribution in [0.1, 0.15) is 59.2 Å². The van der Waals surface area contributed by atoms with Crippen molar-refractivity contribution in [2.45, 2.75) is 51.1 Å². The molecule has 1 fully saturated rings. The monoisotopic (exact) mass is 604 g/mol. The van der Waals surface area contributed by atoms with Crippen molar-refractivity contribution in [2.24, 2.45) is 5.92 Å². The molecule has 0 bridgehead atoms. The van der Waals surface area contributed by atoms with Crippen LogP contribution in [-0.2, 0) is 22.6 Å². The fourth-order valence-corrected chi connectivity index (χ4v) is 5.84. The lowest BCUT2D eigenvalue weighted by Gasteiger charge is -2.26. The van der Waals surface area contributed by atoms with Crippen molar-refractivity contribution in [3.05, 3.63) is 131 Å². The molecule has 0 aromatic heterocycles. The number of rotatable bonds is 15. The number of ketones is 1. The Balaban J connectivity index is 1.15. The number of carboxylic acids is 1. The lowest BCUT2D eigenvalue weighted by molar-refractivity contribution is -0.138. The maximum atomic E-state index is 13.2. The van der Waals surface area contributed by atoms with Crippen molar-refractivity contribution in [1.29, 1.82) is 0 Å². The van der Waals surface area contributed by atoms with Gasteiger partial charge in [-0.15, -0.1) is 0 Å². The Labute approximate surface area is 264 Å². The van der Waals surface area contributed by atoms with Gasteiger partial charge in [0.05, 0.1) is 6.61 Å². The molecule has 4 aromatic carbocycles. The molecule has 1 aliphatic carbocycles. The minimum Gasteiger partial charge on any atom is -0.494 e. The van der Waals surface area contributed by atoms with Gasteiger partial charge in [-0.3, -0.25) is 9.59 Å². The second-order valence-electron chi connectivity index (χ2n) is 11.6. The van der Waals surface area contributed by atoms with Crippen molar-refractivity contribution in [2.75, 3.05) is 18.5 Å². The minimum absolute atomic E-state index is 0.129. The number of nitrogens with one attached hydrogen (secondary N) is 1. The second-order valence-corrected chi connectivity index (χ2v) is 11.6. The summed E-state index contributed by atoms with van der Waals surface area (Å²) in [5, 5.41) is 13.1. The molecule has 45 heavy (non-hydrogen) atoms. The van der Waals surface area contributed by atoms with Gasteiger partial charge in [0.15, 0.2) is 5.78 Å². The number of hydrogen-bond acceptors (Lipinski definition) is 5. The van der Waals surface area contributed by atoms with E-state index in [1.807, 2.05) is 53.4 Å². The molecule has 4 aromatic rings. The third-order valence-corrected chi connectivity index (χ3v) is 8.27. The molecule has 1 atom stereocenters. The van der Waals surface area contributed by atoms with Crippen LogP contribution in [0.5, 0.6) is 5.75 Å². The first-order valence-electron chi connectivity index (χ1n) is 15.7. The molecule has 0 radical (unpaired) electrons. The highest BCUT2D eigenvalue weighted by atomic mass is 16.5. The Hall–Kier alpha value is -4.91. The van der Waals surface area contributed by atoms with Crippen LogP contribution < -0.4 is 10.1 Å². The molecule has 0 unspecified atom stereocenters. The maximum absolute atomic E-state index is 13.2. The SMILES string of the molecule is O=C(c1ccccc1)c1ccccc1N[C@@H](Cc1ccc(OCCCN(Cc2ccccc2)C(=O)C2CCCC2)cc1)C(=O)O. The standard InChI is InChI=1S/C38H40N2O5/c41-36(30-14-5-2-6-15-30)33-18-9-10-19-34(33)39-35(38(43)44)26-28-20-22-32(23-21-28)45-25-11-24-40(27-29-12-3-1-4-13-29)37(42)31-16-7-8-17-31/h1-6,9-10,12-15,18-23,31,35,39H,7-8,11,16-17,24-27H2,(H,43,44)/t35-/m0/s1. The number of aliphatic carboxylic acids is 1. The average molecular weight is 605 g/mol. The number of benzene rings is 4. The number of hydrogen-bond donors (Lipinski definition) is 2. The summed E-state index contributed by atoms with van der Waals surface area (Å²) in [5.74, 6) is -0.118. The van der Waals surface area contributed by atoms with Crippen LogP contribution in [0, 0.1) is 5.92 Å². The molecule has 2 N–H and O–H groups in total. The normalized spacial score (nSPS) is 13.6. The number of carboxylic acid groups (broad SMARTS) is 1. The van der Waals surface area contributed by atoms with Crippen molar-refractivity contribution >= 4 is 23.3 Å². The van der Waals surface area contributed by atoms with Gasteiger partial charge in [-0.2, -0.15) is 0 Å². The van der Waals surface area contributed by atoms with Crippen LogP contribution in [0.15, 0.2) is 109 Å². The molecule has 0 saturated heterocycles. The summed E-state index contributed by atoms with van der Waals surface area (Å²) < 4.78 is 5.99. The van der Waals surface area contributed by atoms with Crippen molar-refractivity contribution in [3.8, 4) is 5.75 Å². The molecule has 0 aliphatic heterocycles. The number of amides is 1. The molecular weight excluding hydrogens is 564 g/mol. The molecule has 7 heteroatoms. The molecule has 0 spiro atoms. The number of nitrogens with zero attached hydrogens (tertiary/aromatic N) is 1. The zero-order valence-electron chi connectivity index (χ0n) is 25.4. The van der Waals surface area contributed by atoms with Crippen LogP contribution in [-0.4, -0.2) is 46.9 Å². The maximum Gasteiger partial charge on any atom is 0.326 e. The van der Waals surface area contributed by atoms with Crippen LogP contribution in [0.2, 0.25) is 0 Å². The molecule has 232 valence electrons. The van der Waals surface area contributed by atoms with Gasteiger partial charge < -0.3 is 20.1 Å². The highest BCUT2D eigenvalue weighted by Crippen LogP contribution is 2.27. The molecule has 1 saturated carbocycles. The fourth-order valence-electron chi connectivity index (χ4n) is 5.84. The van der Waals surface area contributed by atoms with E-state index >= 15 is 0 Å². The lowest BCUT2D eigenvalue weighted by atomic mass is 10.00. The second kappa shape index (κ2) is 15.7. The zero-order chi connectivity index (χ0) is 31.4. The summed E-state index contributed by atoms with van der Waals surface area (Å²) in [6.45, 7) is 1.70. The molecule has 1 amide bonds. The van der Waals surface area contributed by atoms with E-state index in [1.165, 1.54) is 0 Å². The van der Waals surface area contributed by atoms with Gasteiger partial charge in [0, 0.05) is 42.2 Å². The van der Waals surface area contributed by atoms with Gasteiger partial charge in [0.1, 0.15) is 11.8 Å². The summed E-state index contributed by atoms with van der Waals surface area (Å²) in [6.07, 6.45) is 5.13. The molecular formula is C38H40N2O5. The molecule has 5 rings (SSSR count). The van der Waals surface area contributed by atoms with E-state index in [9.17, 15) is 19.5 Å².